The summed E-state index contributed by atoms with van der Waals surface area (Å²) in [5, 5.41) is 14.3. The molecule has 2 aromatic carbocycles. The predicted octanol–water partition coefficient (Wildman–Crippen LogP) is 5.40. The Bertz CT molecular complexity index is 1150. The first-order valence-electron chi connectivity index (χ1n) is 12.6. The fourth-order valence-corrected chi connectivity index (χ4v) is 4.87. The van der Waals surface area contributed by atoms with Gasteiger partial charge in [-0.25, -0.2) is 14.0 Å². The van der Waals surface area contributed by atoms with Gasteiger partial charge in [-0.1, -0.05) is 6.07 Å². The number of aliphatic carboxylic acids is 1. The van der Waals surface area contributed by atoms with Gasteiger partial charge in [-0.05, 0) is 80.3 Å². The molecular weight excluding hydrogens is 481 g/mol. The highest BCUT2D eigenvalue weighted by Crippen LogP contribution is 2.30. The van der Waals surface area contributed by atoms with Crippen molar-refractivity contribution in [2.24, 2.45) is 5.92 Å². The molecule has 0 aromatic heterocycles. The van der Waals surface area contributed by atoms with E-state index in [1.165, 1.54) is 18.2 Å². The number of anilines is 2. The van der Waals surface area contributed by atoms with E-state index >= 15 is 0 Å². The molecule has 3 N–H and O–H groups in total. The first-order valence-corrected chi connectivity index (χ1v) is 12.6. The molecule has 0 spiro atoms. The quantitative estimate of drug-likeness (QED) is 0.457. The lowest BCUT2D eigenvalue weighted by atomic mass is 9.85. The molecule has 1 aliphatic carbocycles. The number of nitrogens with one attached hydrogen (secondary N) is 2. The molecule has 198 valence electrons. The van der Waals surface area contributed by atoms with Crippen molar-refractivity contribution in [1.82, 2.24) is 4.90 Å². The van der Waals surface area contributed by atoms with Gasteiger partial charge in [0.15, 0.2) is 0 Å². The lowest BCUT2D eigenvalue weighted by Gasteiger charge is -2.32. The van der Waals surface area contributed by atoms with Crippen LogP contribution in [0.15, 0.2) is 36.4 Å². The third-order valence-corrected chi connectivity index (χ3v) is 6.75. The summed E-state index contributed by atoms with van der Waals surface area (Å²) in [5.74, 6) is -0.736. The fourth-order valence-electron chi connectivity index (χ4n) is 4.87. The van der Waals surface area contributed by atoms with E-state index in [1.807, 2.05) is 12.1 Å². The third-order valence-electron chi connectivity index (χ3n) is 6.75. The van der Waals surface area contributed by atoms with Gasteiger partial charge in [-0.2, -0.15) is 0 Å². The zero-order valence-corrected chi connectivity index (χ0v) is 20.8. The van der Waals surface area contributed by atoms with Crippen LogP contribution in [0.5, 0.6) is 5.75 Å². The molecule has 0 atom stereocenters. The number of benzene rings is 2. The highest BCUT2D eigenvalue weighted by molar-refractivity contribution is 6.00. The molecule has 3 amide bonds. The highest BCUT2D eigenvalue weighted by Gasteiger charge is 2.28. The molecule has 0 saturated heterocycles. The summed E-state index contributed by atoms with van der Waals surface area (Å²) in [5.41, 5.74) is 2.82. The topological polar surface area (TPSA) is 117 Å². The van der Waals surface area contributed by atoms with Gasteiger partial charge in [0.25, 0.3) is 0 Å². The molecule has 0 unspecified atom stereocenters. The van der Waals surface area contributed by atoms with Crippen LogP contribution in [0.3, 0.4) is 0 Å². The molecule has 9 nitrogen and oxygen atoms in total. The lowest BCUT2D eigenvalue weighted by Crippen LogP contribution is -2.39. The number of rotatable bonds is 7. The Morgan fingerprint density at radius 2 is 1.84 bits per heavy atom. The first-order chi connectivity index (χ1) is 17.8. The van der Waals surface area contributed by atoms with Crippen LogP contribution >= 0.6 is 0 Å². The van der Waals surface area contributed by atoms with Gasteiger partial charge in [-0.3, -0.25) is 4.79 Å². The second kappa shape index (κ2) is 11.9. The number of carboxylic acids is 1. The molecule has 4 rings (SSSR count). The zero-order valence-electron chi connectivity index (χ0n) is 20.8. The Hall–Kier alpha value is -3.82. The second-order valence-electron chi connectivity index (χ2n) is 9.43. The summed E-state index contributed by atoms with van der Waals surface area (Å²) in [7, 11) is 0. The number of carboxylic acid groups (broad SMARTS) is 1. The number of amides is 3. The minimum atomic E-state index is -0.784. The number of nitrogens with zero attached hydrogens (tertiary/aromatic N) is 1. The van der Waals surface area contributed by atoms with Crippen LogP contribution in [0.25, 0.3) is 0 Å². The molecule has 1 saturated carbocycles. The number of hydrogen-bond donors (Lipinski definition) is 3. The number of halogens is 1. The van der Waals surface area contributed by atoms with Crippen molar-refractivity contribution < 1.29 is 33.4 Å². The van der Waals surface area contributed by atoms with E-state index < -0.39 is 17.8 Å². The van der Waals surface area contributed by atoms with Crippen molar-refractivity contribution >= 4 is 29.5 Å². The van der Waals surface area contributed by atoms with E-state index in [1.54, 1.807) is 17.9 Å². The largest absolute Gasteiger partial charge is 0.492 e. The monoisotopic (exact) mass is 513 g/mol. The van der Waals surface area contributed by atoms with E-state index in [9.17, 15) is 18.8 Å². The van der Waals surface area contributed by atoms with Gasteiger partial charge in [0.2, 0.25) is 0 Å². The van der Waals surface area contributed by atoms with Crippen molar-refractivity contribution in [3.63, 3.8) is 0 Å². The second-order valence-corrected chi connectivity index (χ2v) is 9.43. The molecule has 37 heavy (non-hydrogen) atoms. The van der Waals surface area contributed by atoms with Crippen LogP contribution in [-0.2, 0) is 22.5 Å². The van der Waals surface area contributed by atoms with Gasteiger partial charge < -0.3 is 30.1 Å². The van der Waals surface area contributed by atoms with Crippen molar-refractivity contribution in [3.8, 4) is 5.75 Å². The van der Waals surface area contributed by atoms with Gasteiger partial charge in [0.05, 0.1) is 12.3 Å². The van der Waals surface area contributed by atoms with E-state index in [0.29, 0.717) is 50.4 Å². The van der Waals surface area contributed by atoms with Crippen LogP contribution in [0, 0.1) is 11.7 Å². The molecule has 1 heterocycles. The highest BCUT2D eigenvalue weighted by atomic mass is 19.1. The summed E-state index contributed by atoms with van der Waals surface area (Å²) in [6.45, 7) is 3.09. The molecule has 1 aliphatic heterocycles. The van der Waals surface area contributed by atoms with Gasteiger partial charge in [0, 0.05) is 31.3 Å². The minimum Gasteiger partial charge on any atom is -0.492 e. The maximum Gasteiger partial charge on any atom is 0.410 e. The van der Waals surface area contributed by atoms with Crippen LogP contribution in [0.4, 0.5) is 25.4 Å². The van der Waals surface area contributed by atoms with Crippen molar-refractivity contribution in [3.05, 3.63) is 53.3 Å². The summed E-state index contributed by atoms with van der Waals surface area (Å²) < 4.78 is 24.8. The first kappa shape index (κ1) is 26.2. The smallest absolute Gasteiger partial charge is 0.410 e. The molecule has 0 radical (unpaired) electrons. The van der Waals surface area contributed by atoms with Crippen molar-refractivity contribution in [2.45, 2.75) is 58.1 Å². The maximum atomic E-state index is 13.6. The van der Waals surface area contributed by atoms with Crippen molar-refractivity contribution in [1.29, 1.82) is 0 Å². The number of fused-ring (bicyclic) bond motifs is 1. The third kappa shape index (κ3) is 7.12. The maximum absolute atomic E-state index is 13.6. The summed E-state index contributed by atoms with van der Waals surface area (Å²) >= 11 is 0. The summed E-state index contributed by atoms with van der Waals surface area (Å²) in [4.78, 5) is 37.8. The van der Waals surface area contributed by atoms with Crippen LogP contribution < -0.4 is 15.4 Å². The summed E-state index contributed by atoms with van der Waals surface area (Å²) in [6.07, 6.45) is 3.14. The number of urea groups is 1. The SMILES string of the molecule is CCOc1ccc(F)cc1NC(=O)Nc1ccc2c(c1)CCN(C(=O)O[C@H]1CC[C@H](CC(=O)O)CC1)C2. The minimum absolute atomic E-state index is 0.153. The summed E-state index contributed by atoms with van der Waals surface area (Å²) in [6, 6.07) is 8.91. The molecule has 0 bridgehead atoms. The Morgan fingerprint density at radius 1 is 1.05 bits per heavy atom. The van der Waals surface area contributed by atoms with Gasteiger partial charge >= 0.3 is 18.1 Å². The van der Waals surface area contributed by atoms with Gasteiger partial charge in [-0.15, -0.1) is 0 Å². The zero-order chi connectivity index (χ0) is 26.4. The standard InChI is InChI=1S/C27H32FN3O6/c1-2-36-24-10-6-20(28)15-23(24)30-26(34)29-21-7-5-19-16-31(12-11-18(19)14-21)27(35)37-22-8-3-17(4-9-22)13-25(32)33/h5-7,10,14-15,17,22H,2-4,8-9,11-13,16H2,1H3,(H,32,33)(H2,29,30,34)/t17-,22-. The number of carbonyl (C=O) groups is 3. The average molecular weight is 514 g/mol. The molecule has 2 aromatic rings. The number of ether oxygens (including phenoxy) is 2. The number of carbonyl (C=O) groups excluding carboxylic acids is 2. The van der Waals surface area contributed by atoms with E-state index in [-0.39, 0.29) is 30.2 Å². The Morgan fingerprint density at radius 3 is 2.57 bits per heavy atom. The Labute approximate surface area is 214 Å². The van der Waals surface area contributed by atoms with E-state index in [2.05, 4.69) is 10.6 Å². The van der Waals surface area contributed by atoms with Crippen LogP contribution in [-0.4, -0.2) is 47.4 Å². The average Bonchev–Trinajstić information content (AvgIpc) is 2.86. The number of hydrogen-bond acceptors (Lipinski definition) is 5. The van der Waals surface area contributed by atoms with E-state index in [4.69, 9.17) is 14.6 Å². The molecule has 1 fully saturated rings. The van der Waals surface area contributed by atoms with Crippen LogP contribution in [0.2, 0.25) is 0 Å². The molecule has 10 heteroatoms. The van der Waals surface area contributed by atoms with Gasteiger partial charge in [0.1, 0.15) is 17.7 Å². The lowest BCUT2D eigenvalue weighted by molar-refractivity contribution is -0.138. The Balaban J connectivity index is 1.29. The van der Waals surface area contributed by atoms with Crippen LogP contribution in [0.1, 0.15) is 50.2 Å². The molecule has 2 aliphatic rings. The van der Waals surface area contributed by atoms with Crippen molar-refractivity contribution in [2.75, 3.05) is 23.8 Å². The molecular formula is C27H32FN3O6. The Kier molecular flexibility index (Phi) is 8.47. The predicted molar refractivity (Wildman–Crippen MR) is 135 cm³/mol. The van der Waals surface area contributed by atoms with E-state index in [0.717, 1.165) is 24.0 Å². The fraction of sp³-hybridized carbons (Fsp3) is 0.444. The normalized spacial score (nSPS) is 18.9.